The van der Waals surface area contributed by atoms with Gasteiger partial charge in [0.25, 0.3) is 0 Å². The maximum atomic E-state index is 7.00. The molecule has 66 valence electrons. The average Bonchev–Trinajstić information content (AvgIpc) is 2.31. The summed E-state index contributed by atoms with van der Waals surface area (Å²) in [5, 5.41) is 7.00. The van der Waals surface area contributed by atoms with Crippen LogP contribution in [-0.2, 0) is 4.74 Å². The van der Waals surface area contributed by atoms with Crippen LogP contribution in [0.4, 0.5) is 0 Å². The van der Waals surface area contributed by atoms with Crippen molar-refractivity contribution in [3.05, 3.63) is 24.0 Å². The second-order valence-electron chi connectivity index (χ2n) is 2.99. The van der Waals surface area contributed by atoms with Gasteiger partial charge in [-0.15, -0.1) is 0 Å². The Morgan fingerprint density at radius 3 is 3.17 bits per heavy atom. The maximum Gasteiger partial charge on any atom is 0.114 e. The normalized spacial score (nSPS) is 22.8. The van der Waals surface area contributed by atoms with Crippen LogP contribution in [0.2, 0.25) is 0 Å². The first-order chi connectivity index (χ1) is 5.86. The predicted octanol–water partition coefficient (Wildman–Crippen LogP) is 2.52. The molecule has 0 aromatic carbocycles. The Hall–Kier alpha value is -1.05. The van der Waals surface area contributed by atoms with E-state index in [4.69, 9.17) is 10.1 Å². The van der Waals surface area contributed by atoms with Crippen LogP contribution in [0.3, 0.4) is 0 Å². The minimum atomic E-state index is 0.589. The molecule has 0 aliphatic heterocycles. The first kappa shape index (κ1) is 9.04. The van der Waals surface area contributed by atoms with E-state index in [1.165, 1.54) is 6.21 Å². The van der Waals surface area contributed by atoms with Crippen molar-refractivity contribution in [1.29, 1.82) is 5.41 Å². The van der Waals surface area contributed by atoms with Gasteiger partial charge in [-0.3, -0.25) is 0 Å². The van der Waals surface area contributed by atoms with Crippen LogP contribution in [0.15, 0.2) is 24.0 Å². The van der Waals surface area contributed by atoms with E-state index in [2.05, 4.69) is 12.2 Å². The third-order valence-electron chi connectivity index (χ3n) is 2.09. The van der Waals surface area contributed by atoms with E-state index in [-0.39, 0.29) is 0 Å². The number of ether oxygens (including phenoxy) is 1. The van der Waals surface area contributed by atoms with Gasteiger partial charge >= 0.3 is 0 Å². The van der Waals surface area contributed by atoms with Crippen LogP contribution >= 0.6 is 0 Å². The molecule has 1 aliphatic rings. The van der Waals surface area contributed by atoms with E-state index in [0.717, 1.165) is 25.0 Å². The summed E-state index contributed by atoms with van der Waals surface area (Å²) in [7, 11) is 1.69. The summed E-state index contributed by atoms with van der Waals surface area (Å²) >= 11 is 0. The van der Waals surface area contributed by atoms with Crippen molar-refractivity contribution in [2.45, 2.75) is 19.3 Å². The lowest BCUT2D eigenvalue weighted by atomic mass is 9.99. The Labute approximate surface area is 73.4 Å². The maximum absolute atomic E-state index is 7.00. The Kier molecular flexibility index (Phi) is 3.58. The third-order valence-corrected chi connectivity index (χ3v) is 2.09. The van der Waals surface area contributed by atoms with Gasteiger partial charge in [-0.1, -0.05) is 6.08 Å². The number of hydrogen-bond acceptors (Lipinski definition) is 2. The summed E-state index contributed by atoms with van der Waals surface area (Å²) in [5.74, 6) is 1.54. The molecular formula is C10H15NO. The largest absolute Gasteiger partial charge is 0.497 e. The SMILES string of the molecule is COC1=CCC(CC=N)CC=C1. The van der Waals surface area contributed by atoms with Crippen LogP contribution < -0.4 is 0 Å². The van der Waals surface area contributed by atoms with Gasteiger partial charge in [-0.05, 0) is 43.5 Å². The summed E-state index contributed by atoms with van der Waals surface area (Å²) in [5.41, 5.74) is 0. The standard InChI is InChI=1S/C10H15NO/c1-12-10-4-2-3-9(5-6-10)7-8-11/h2,4,6,8-9,11H,3,5,7H2,1H3. The van der Waals surface area contributed by atoms with Crippen molar-refractivity contribution in [2.75, 3.05) is 7.11 Å². The fourth-order valence-electron chi connectivity index (χ4n) is 1.33. The second-order valence-corrected chi connectivity index (χ2v) is 2.99. The van der Waals surface area contributed by atoms with Crippen LogP contribution in [0.25, 0.3) is 0 Å². The molecule has 0 spiro atoms. The first-order valence-electron chi connectivity index (χ1n) is 4.26. The average molecular weight is 165 g/mol. The van der Waals surface area contributed by atoms with Crippen molar-refractivity contribution in [1.82, 2.24) is 0 Å². The van der Waals surface area contributed by atoms with Crippen LogP contribution in [0.1, 0.15) is 19.3 Å². The van der Waals surface area contributed by atoms with Gasteiger partial charge in [0.2, 0.25) is 0 Å². The molecule has 0 saturated carbocycles. The molecule has 1 rings (SSSR count). The number of allylic oxidation sites excluding steroid dienone is 3. The Morgan fingerprint density at radius 2 is 2.50 bits per heavy atom. The topological polar surface area (TPSA) is 33.1 Å². The number of rotatable bonds is 3. The molecule has 0 fully saturated rings. The molecule has 0 amide bonds. The highest BCUT2D eigenvalue weighted by atomic mass is 16.5. The zero-order chi connectivity index (χ0) is 8.81. The van der Waals surface area contributed by atoms with Crippen LogP contribution in [-0.4, -0.2) is 13.3 Å². The molecule has 0 saturated heterocycles. The van der Waals surface area contributed by atoms with Crippen LogP contribution in [0.5, 0.6) is 0 Å². The van der Waals surface area contributed by atoms with Crippen LogP contribution in [0, 0.1) is 11.3 Å². The highest BCUT2D eigenvalue weighted by molar-refractivity contribution is 5.53. The van der Waals surface area contributed by atoms with Gasteiger partial charge in [-0.25, -0.2) is 0 Å². The van der Waals surface area contributed by atoms with Gasteiger partial charge < -0.3 is 10.1 Å². The third kappa shape index (κ3) is 2.53. The van der Waals surface area contributed by atoms with Gasteiger partial charge in [0.15, 0.2) is 0 Å². The molecule has 1 unspecified atom stereocenters. The summed E-state index contributed by atoms with van der Waals surface area (Å²) in [4.78, 5) is 0. The molecule has 0 bridgehead atoms. The predicted molar refractivity (Wildman–Crippen MR) is 50.4 cm³/mol. The summed E-state index contributed by atoms with van der Waals surface area (Å²) in [6, 6.07) is 0. The lowest BCUT2D eigenvalue weighted by Gasteiger charge is -2.06. The molecule has 0 aromatic rings. The molecule has 1 N–H and O–H groups in total. The van der Waals surface area contributed by atoms with Gasteiger partial charge in [0.05, 0.1) is 7.11 Å². The van der Waals surface area contributed by atoms with Crippen molar-refractivity contribution in [2.24, 2.45) is 5.92 Å². The first-order valence-corrected chi connectivity index (χ1v) is 4.26. The number of methoxy groups -OCH3 is 1. The van der Waals surface area contributed by atoms with E-state index in [0.29, 0.717) is 5.92 Å². The van der Waals surface area contributed by atoms with Crippen molar-refractivity contribution >= 4 is 6.21 Å². The minimum Gasteiger partial charge on any atom is -0.497 e. The monoisotopic (exact) mass is 165 g/mol. The molecule has 0 radical (unpaired) electrons. The van der Waals surface area contributed by atoms with Crippen molar-refractivity contribution in [3.63, 3.8) is 0 Å². The summed E-state index contributed by atoms with van der Waals surface area (Å²) < 4.78 is 5.11. The molecular weight excluding hydrogens is 150 g/mol. The fourth-order valence-corrected chi connectivity index (χ4v) is 1.33. The van der Waals surface area contributed by atoms with E-state index < -0.39 is 0 Å². The van der Waals surface area contributed by atoms with Crippen molar-refractivity contribution < 1.29 is 4.74 Å². The Bertz CT molecular complexity index is 206. The Balaban J connectivity index is 2.51. The molecule has 12 heavy (non-hydrogen) atoms. The quantitative estimate of drug-likeness (QED) is 0.640. The van der Waals surface area contributed by atoms with Gasteiger partial charge in [0.1, 0.15) is 5.76 Å². The van der Waals surface area contributed by atoms with E-state index in [1.54, 1.807) is 7.11 Å². The molecule has 1 atom stereocenters. The summed E-state index contributed by atoms with van der Waals surface area (Å²) in [6.07, 6.45) is 10.7. The number of nitrogens with one attached hydrogen (secondary N) is 1. The summed E-state index contributed by atoms with van der Waals surface area (Å²) in [6.45, 7) is 0. The van der Waals surface area contributed by atoms with E-state index in [1.807, 2.05) is 6.08 Å². The molecule has 0 heterocycles. The zero-order valence-electron chi connectivity index (χ0n) is 7.42. The molecule has 2 heteroatoms. The van der Waals surface area contributed by atoms with Crippen molar-refractivity contribution in [3.8, 4) is 0 Å². The Morgan fingerprint density at radius 1 is 1.67 bits per heavy atom. The highest BCUT2D eigenvalue weighted by Crippen LogP contribution is 2.19. The fraction of sp³-hybridized carbons (Fsp3) is 0.500. The van der Waals surface area contributed by atoms with Gasteiger partial charge in [-0.2, -0.15) is 0 Å². The number of hydrogen-bond donors (Lipinski definition) is 1. The lowest BCUT2D eigenvalue weighted by Crippen LogP contribution is -1.96. The van der Waals surface area contributed by atoms with Gasteiger partial charge in [0, 0.05) is 0 Å². The minimum absolute atomic E-state index is 0.589. The second kappa shape index (κ2) is 4.75. The smallest absolute Gasteiger partial charge is 0.114 e. The highest BCUT2D eigenvalue weighted by Gasteiger charge is 2.07. The molecule has 2 nitrogen and oxygen atoms in total. The molecule has 0 aromatic heterocycles. The van der Waals surface area contributed by atoms with E-state index in [9.17, 15) is 0 Å². The zero-order valence-corrected chi connectivity index (χ0v) is 7.42. The molecule has 1 aliphatic carbocycles. The van der Waals surface area contributed by atoms with E-state index >= 15 is 0 Å². The lowest BCUT2D eigenvalue weighted by molar-refractivity contribution is 0.305.